The maximum absolute atomic E-state index is 12.2. The van der Waals surface area contributed by atoms with E-state index >= 15 is 0 Å². The van der Waals surface area contributed by atoms with Crippen LogP contribution in [0.1, 0.15) is 17.5 Å². The van der Waals surface area contributed by atoms with Crippen molar-refractivity contribution in [3.63, 3.8) is 0 Å². The topological polar surface area (TPSA) is 69.3 Å². The van der Waals surface area contributed by atoms with Crippen LogP contribution in [0.25, 0.3) is 0 Å². The zero-order valence-corrected chi connectivity index (χ0v) is 19.2. The smallest absolute Gasteiger partial charge is 0.221 e. The van der Waals surface area contributed by atoms with E-state index in [4.69, 9.17) is 18.9 Å². The fourth-order valence-corrected chi connectivity index (χ4v) is 3.23. The highest BCUT2D eigenvalue weighted by Gasteiger charge is 2.08. The van der Waals surface area contributed by atoms with Crippen molar-refractivity contribution >= 4 is 5.91 Å². The first-order chi connectivity index (χ1) is 15.0. The molecular weight excluding hydrogens is 396 g/mol. The average molecular weight is 431 g/mol. The molecule has 2 aromatic rings. The summed E-state index contributed by atoms with van der Waals surface area (Å²) in [4.78, 5) is 14.3. The maximum Gasteiger partial charge on any atom is 0.221 e. The highest BCUT2D eigenvalue weighted by Crippen LogP contribution is 2.28. The van der Waals surface area contributed by atoms with E-state index in [0.717, 1.165) is 36.4 Å². The van der Waals surface area contributed by atoms with Gasteiger partial charge in [0.2, 0.25) is 5.91 Å². The van der Waals surface area contributed by atoms with Gasteiger partial charge in [-0.1, -0.05) is 12.1 Å². The molecule has 1 N–H and O–H groups in total. The molecule has 31 heavy (non-hydrogen) atoms. The number of nitrogens with one attached hydrogen (secondary N) is 1. The minimum atomic E-state index is 0.0541. The number of carbonyl (C=O) groups is 1. The Balaban J connectivity index is 1.69. The molecule has 0 saturated carbocycles. The van der Waals surface area contributed by atoms with Gasteiger partial charge >= 0.3 is 0 Å². The lowest BCUT2D eigenvalue weighted by Gasteiger charge is -2.17. The second-order valence-corrected chi connectivity index (χ2v) is 7.28. The number of nitrogens with zero attached hydrogens (tertiary/aromatic N) is 1. The summed E-state index contributed by atoms with van der Waals surface area (Å²) in [5, 5.41) is 2.99. The Labute approximate surface area is 185 Å². The van der Waals surface area contributed by atoms with Crippen LogP contribution in [0.3, 0.4) is 0 Å². The van der Waals surface area contributed by atoms with Gasteiger partial charge in [0.15, 0.2) is 23.0 Å². The third-order valence-electron chi connectivity index (χ3n) is 5.13. The lowest BCUT2D eigenvalue weighted by Crippen LogP contribution is -2.31. The standard InChI is InChI=1S/C24H34N2O5/c1-26(14-11-19-7-9-21(29-3)23(17-19)31-5)15-12-24(27)25-13-10-18-6-8-20(28-2)22(16-18)30-4/h6-9,16-17H,10-15H2,1-5H3,(H,25,27). The molecule has 0 atom stereocenters. The Morgan fingerprint density at radius 3 is 1.81 bits per heavy atom. The molecule has 2 rings (SSSR count). The number of carbonyl (C=O) groups excluding carboxylic acids is 1. The van der Waals surface area contributed by atoms with Crippen molar-refractivity contribution < 1.29 is 23.7 Å². The summed E-state index contributed by atoms with van der Waals surface area (Å²) >= 11 is 0. The van der Waals surface area contributed by atoms with Crippen molar-refractivity contribution in [1.29, 1.82) is 0 Å². The molecular formula is C24H34N2O5. The number of ether oxygens (including phenoxy) is 4. The Bertz CT molecular complexity index is 841. The number of benzene rings is 2. The number of amides is 1. The Hall–Kier alpha value is -2.93. The van der Waals surface area contributed by atoms with Crippen LogP contribution >= 0.6 is 0 Å². The van der Waals surface area contributed by atoms with E-state index in [1.165, 1.54) is 5.56 Å². The molecule has 0 aromatic heterocycles. The third kappa shape index (κ3) is 7.68. The zero-order valence-electron chi connectivity index (χ0n) is 19.2. The highest BCUT2D eigenvalue weighted by atomic mass is 16.5. The average Bonchev–Trinajstić information content (AvgIpc) is 2.80. The summed E-state index contributed by atoms with van der Waals surface area (Å²) in [6.07, 6.45) is 2.08. The van der Waals surface area contributed by atoms with Crippen LogP contribution in [-0.2, 0) is 17.6 Å². The SMILES string of the molecule is COc1ccc(CCNC(=O)CCN(C)CCc2ccc(OC)c(OC)c2)cc1OC. The van der Waals surface area contributed by atoms with Gasteiger partial charge in [-0.2, -0.15) is 0 Å². The van der Waals surface area contributed by atoms with Crippen LogP contribution in [0.2, 0.25) is 0 Å². The summed E-state index contributed by atoms with van der Waals surface area (Å²) < 4.78 is 21.2. The van der Waals surface area contributed by atoms with Crippen molar-refractivity contribution in [2.75, 3.05) is 55.1 Å². The van der Waals surface area contributed by atoms with Crippen LogP contribution < -0.4 is 24.3 Å². The predicted octanol–water partition coefficient (Wildman–Crippen LogP) is 2.94. The van der Waals surface area contributed by atoms with E-state index in [1.54, 1.807) is 28.4 Å². The van der Waals surface area contributed by atoms with Crippen molar-refractivity contribution in [3.8, 4) is 23.0 Å². The van der Waals surface area contributed by atoms with Gasteiger partial charge in [0.05, 0.1) is 28.4 Å². The first kappa shape index (κ1) is 24.3. The largest absolute Gasteiger partial charge is 0.493 e. The van der Waals surface area contributed by atoms with Crippen LogP contribution in [0.4, 0.5) is 0 Å². The second kappa shape index (κ2) is 12.7. The number of hydrogen-bond acceptors (Lipinski definition) is 6. The third-order valence-corrected chi connectivity index (χ3v) is 5.13. The van der Waals surface area contributed by atoms with Crippen molar-refractivity contribution in [3.05, 3.63) is 47.5 Å². The van der Waals surface area contributed by atoms with E-state index in [-0.39, 0.29) is 5.91 Å². The van der Waals surface area contributed by atoms with E-state index < -0.39 is 0 Å². The molecule has 0 saturated heterocycles. The molecule has 0 spiro atoms. The molecule has 0 fully saturated rings. The minimum absolute atomic E-state index is 0.0541. The molecule has 0 aliphatic heterocycles. The molecule has 170 valence electrons. The van der Waals surface area contributed by atoms with Gasteiger partial charge < -0.3 is 29.2 Å². The van der Waals surface area contributed by atoms with Gasteiger partial charge in [-0.15, -0.1) is 0 Å². The van der Waals surface area contributed by atoms with Gasteiger partial charge in [-0.25, -0.2) is 0 Å². The normalized spacial score (nSPS) is 10.6. The summed E-state index contributed by atoms with van der Waals surface area (Å²) in [6, 6.07) is 11.7. The first-order valence-electron chi connectivity index (χ1n) is 10.4. The molecule has 7 nitrogen and oxygen atoms in total. The predicted molar refractivity (Wildman–Crippen MR) is 122 cm³/mol. The van der Waals surface area contributed by atoms with Gasteiger partial charge in [0, 0.05) is 26.1 Å². The first-order valence-corrected chi connectivity index (χ1v) is 10.4. The molecule has 2 aromatic carbocycles. The molecule has 0 bridgehead atoms. The van der Waals surface area contributed by atoms with E-state index in [1.807, 2.05) is 43.4 Å². The second-order valence-electron chi connectivity index (χ2n) is 7.28. The monoisotopic (exact) mass is 430 g/mol. The zero-order chi connectivity index (χ0) is 22.6. The fraction of sp³-hybridized carbons (Fsp3) is 0.458. The van der Waals surface area contributed by atoms with Crippen LogP contribution in [0, 0.1) is 0 Å². The van der Waals surface area contributed by atoms with Gasteiger partial charge in [0.1, 0.15) is 0 Å². The molecule has 0 aliphatic carbocycles. The van der Waals surface area contributed by atoms with Crippen LogP contribution in [-0.4, -0.2) is 65.9 Å². The van der Waals surface area contributed by atoms with Crippen LogP contribution in [0.5, 0.6) is 23.0 Å². The summed E-state index contributed by atoms with van der Waals surface area (Å²) in [5.74, 6) is 2.91. The highest BCUT2D eigenvalue weighted by molar-refractivity contribution is 5.76. The fourth-order valence-electron chi connectivity index (χ4n) is 3.23. The van der Waals surface area contributed by atoms with Crippen molar-refractivity contribution in [1.82, 2.24) is 10.2 Å². The number of likely N-dealkylation sites (N-methyl/N-ethyl adjacent to an activating group) is 1. The molecule has 0 heterocycles. The van der Waals surface area contributed by atoms with Gasteiger partial charge in [-0.3, -0.25) is 4.79 Å². The molecule has 0 aliphatic rings. The van der Waals surface area contributed by atoms with Crippen LogP contribution in [0.15, 0.2) is 36.4 Å². The Morgan fingerprint density at radius 2 is 1.29 bits per heavy atom. The Morgan fingerprint density at radius 1 is 0.774 bits per heavy atom. The van der Waals surface area contributed by atoms with Gasteiger partial charge in [0.25, 0.3) is 0 Å². The molecule has 7 heteroatoms. The minimum Gasteiger partial charge on any atom is -0.493 e. The number of hydrogen-bond donors (Lipinski definition) is 1. The van der Waals surface area contributed by atoms with Gasteiger partial charge in [-0.05, 0) is 55.3 Å². The lowest BCUT2D eigenvalue weighted by atomic mass is 10.1. The summed E-state index contributed by atoms with van der Waals surface area (Å²) in [6.45, 7) is 2.15. The number of methoxy groups -OCH3 is 4. The Kier molecular flexibility index (Phi) is 9.97. The van der Waals surface area contributed by atoms with E-state index in [0.29, 0.717) is 31.0 Å². The van der Waals surface area contributed by atoms with Crippen molar-refractivity contribution in [2.24, 2.45) is 0 Å². The summed E-state index contributed by atoms with van der Waals surface area (Å²) in [7, 11) is 8.52. The quantitative estimate of drug-likeness (QED) is 0.527. The summed E-state index contributed by atoms with van der Waals surface area (Å²) in [5.41, 5.74) is 2.26. The van der Waals surface area contributed by atoms with E-state index in [9.17, 15) is 4.79 Å². The lowest BCUT2D eigenvalue weighted by molar-refractivity contribution is -0.121. The van der Waals surface area contributed by atoms with E-state index in [2.05, 4.69) is 10.2 Å². The number of rotatable bonds is 13. The van der Waals surface area contributed by atoms with Crippen molar-refractivity contribution in [2.45, 2.75) is 19.3 Å². The maximum atomic E-state index is 12.2. The molecule has 1 amide bonds. The molecule has 0 unspecified atom stereocenters. The molecule has 0 radical (unpaired) electrons.